The normalized spacial score (nSPS) is 24.2. The molecule has 0 saturated carbocycles. The average molecular weight is 749 g/mol. The first-order valence-electron chi connectivity index (χ1n) is 18.3. The Hall–Kier alpha value is -4.29. The number of carbonyl (C=O) groups is 2. The lowest BCUT2D eigenvalue weighted by Gasteiger charge is -2.45. The maximum atomic E-state index is 13.8. The Balaban J connectivity index is 0.000000164. The number of halogens is 1. The van der Waals surface area contributed by atoms with Crippen molar-refractivity contribution in [3.63, 3.8) is 0 Å². The van der Waals surface area contributed by atoms with Crippen LogP contribution in [0.5, 0.6) is 0 Å². The Morgan fingerprint density at radius 3 is 1.60 bits per heavy atom. The van der Waals surface area contributed by atoms with E-state index < -0.39 is 9.74 Å². The Bertz CT molecular complexity index is 2060. The fourth-order valence-corrected chi connectivity index (χ4v) is 11.7. The molecule has 11 heteroatoms. The zero-order chi connectivity index (χ0) is 37.2. The fraction of sp³-hybridized carbons (Fsp3) is 0.333. The Labute approximate surface area is 319 Å². The second-order valence-corrected chi connectivity index (χ2v) is 16.3. The highest BCUT2D eigenvalue weighted by atomic mass is 32.2. The van der Waals surface area contributed by atoms with E-state index in [0.717, 1.165) is 54.7 Å². The summed E-state index contributed by atoms with van der Waals surface area (Å²) in [6.45, 7) is 4.31. The van der Waals surface area contributed by atoms with Crippen LogP contribution in [0.4, 0.5) is 4.39 Å². The minimum atomic E-state index is -0.623. The molecule has 0 bridgehead atoms. The lowest BCUT2D eigenvalue weighted by molar-refractivity contribution is -0.135. The van der Waals surface area contributed by atoms with E-state index in [-0.39, 0.29) is 29.5 Å². The van der Waals surface area contributed by atoms with Crippen molar-refractivity contribution in [3.05, 3.63) is 142 Å². The molecule has 0 saturated heterocycles. The summed E-state index contributed by atoms with van der Waals surface area (Å²) in [4.78, 5) is 24.1. The Morgan fingerprint density at radius 1 is 0.679 bits per heavy atom. The molecule has 8 rings (SSSR count). The van der Waals surface area contributed by atoms with Crippen LogP contribution in [0, 0.1) is 17.7 Å². The van der Waals surface area contributed by atoms with E-state index in [0.29, 0.717) is 23.7 Å². The number of hydrazone groups is 2. The van der Waals surface area contributed by atoms with Gasteiger partial charge in [0.05, 0.1) is 0 Å². The molecule has 0 aromatic heterocycles. The summed E-state index contributed by atoms with van der Waals surface area (Å²) in [6, 6.07) is 33.2. The van der Waals surface area contributed by atoms with Crippen molar-refractivity contribution in [2.45, 2.75) is 62.1 Å². The van der Waals surface area contributed by atoms with Gasteiger partial charge in [0.1, 0.15) is 25.6 Å². The van der Waals surface area contributed by atoms with Gasteiger partial charge >= 0.3 is 0 Å². The molecule has 274 valence electrons. The number of fused-ring (bicyclic) bond motifs is 4. The van der Waals surface area contributed by atoms with E-state index in [9.17, 15) is 14.0 Å². The van der Waals surface area contributed by atoms with Crippen LogP contribution in [0.1, 0.15) is 72.9 Å². The van der Waals surface area contributed by atoms with Gasteiger partial charge in [-0.1, -0.05) is 115 Å². The summed E-state index contributed by atoms with van der Waals surface area (Å²) in [5.74, 6) is 0.00540. The number of hydrogen-bond donors (Lipinski definition) is 2. The summed E-state index contributed by atoms with van der Waals surface area (Å²) in [7, 11) is 0. The average Bonchev–Trinajstić information content (AvgIpc) is 3.77. The summed E-state index contributed by atoms with van der Waals surface area (Å²) < 4.78 is 13.8. The Kier molecular flexibility index (Phi) is 10.9. The largest absolute Gasteiger partial charge is 0.330 e. The first-order valence-corrected chi connectivity index (χ1v) is 19.9. The van der Waals surface area contributed by atoms with Crippen molar-refractivity contribution in [3.8, 4) is 0 Å². The number of rotatable bonds is 6. The van der Waals surface area contributed by atoms with Crippen molar-refractivity contribution >= 4 is 45.4 Å². The molecule has 0 unspecified atom stereocenters. The van der Waals surface area contributed by atoms with Crippen molar-refractivity contribution in [1.82, 2.24) is 10.0 Å². The van der Waals surface area contributed by atoms with Crippen LogP contribution >= 0.6 is 23.5 Å². The van der Waals surface area contributed by atoms with Crippen molar-refractivity contribution in [2.75, 3.05) is 13.1 Å². The third-order valence-corrected chi connectivity index (χ3v) is 13.8. The van der Waals surface area contributed by atoms with E-state index in [1.807, 2.05) is 36.4 Å². The zero-order valence-corrected chi connectivity index (χ0v) is 31.7. The summed E-state index contributed by atoms with van der Waals surface area (Å²) >= 11 is 3.27. The number of nitrogens with two attached hydrogens (primary N) is 2. The van der Waals surface area contributed by atoms with Gasteiger partial charge in [-0.25, -0.2) is 14.4 Å². The highest BCUT2D eigenvalue weighted by molar-refractivity contribution is 8.15. The monoisotopic (exact) mass is 748 g/mol. The first kappa shape index (κ1) is 37.0. The zero-order valence-electron chi connectivity index (χ0n) is 30.1. The quantitative estimate of drug-likeness (QED) is 0.210. The van der Waals surface area contributed by atoms with Gasteiger partial charge in [-0.15, -0.1) is 0 Å². The number of thioether (sulfide) groups is 2. The van der Waals surface area contributed by atoms with E-state index in [4.69, 9.17) is 16.6 Å². The molecule has 4 aromatic carbocycles. The van der Waals surface area contributed by atoms with Gasteiger partial charge in [-0.2, -0.15) is 10.2 Å². The van der Waals surface area contributed by atoms with E-state index in [1.165, 1.54) is 35.7 Å². The van der Waals surface area contributed by atoms with E-state index >= 15 is 0 Å². The fourth-order valence-electron chi connectivity index (χ4n) is 8.40. The number of amides is 2. The van der Waals surface area contributed by atoms with Crippen LogP contribution in [-0.2, 0) is 32.2 Å². The number of benzene rings is 4. The second kappa shape index (κ2) is 15.6. The SMILES string of the molecule is CC(=O)N1N=C(c2cccc(F)c2)S[C@@]12c1ccccc1CC[C@H]2CCN.CC(=O)N1N=C(c2ccccc2)S[C@]12c1ccccc1CC[C@@H]2CCN. The summed E-state index contributed by atoms with van der Waals surface area (Å²) in [5.41, 5.74) is 18.5. The van der Waals surface area contributed by atoms with Crippen molar-refractivity contribution < 1.29 is 14.0 Å². The minimum Gasteiger partial charge on any atom is -0.330 e. The summed E-state index contributed by atoms with van der Waals surface area (Å²) in [6.07, 6.45) is 5.62. The molecule has 4 N–H and O–H groups in total. The number of aryl methyl sites for hydroxylation is 2. The maximum absolute atomic E-state index is 13.8. The van der Waals surface area contributed by atoms with Crippen LogP contribution in [0.15, 0.2) is 113 Å². The van der Waals surface area contributed by atoms with Crippen molar-refractivity contribution in [1.29, 1.82) is 0 Å². The molecule has 0 radical (unpaired) electrons. The molecule has 8 nitrogen and oxygen atoms in total. The third kappa shape index (κ3) is 6.73. The Morgan fingerprint density at radius 2 is 1.13 bits per heavy atom. The molecule has 2 aliphatic carbocycles. The lowest BCUT2D eigenvalue weighted by atomic mass is 9.77. The molecule has 4 atom stereocenters. The van der Waals surface area contributed by atoms with Crippen LogP contribution in [-0.4, -0.2) is 45.0 Å². The van der Waals surface area contributed by atoms with Gasteiger partial charge in [-0.05, 0) is 97.8 Å². The van der Waals surface area contributed by atoms with Gasteiger partial charge < -0.3 is 11.5 Å². The minimum absolute atomic E-state index is 0.0258. The lowest BCUT2D eigenvalue weighted by Crippen LogP contribution is -2.49. The number of nitrogens with zero attached hydrogens (tertiary/aromatic N) is 4. The van der Waals surface area contributed by atoms with Gasteiger partial charge in [0, 0.05) is 25.0 Å². The maximum Gasteiger partial charge on any atom is 0.241 e. The van der Waals surface area contributed by atoms with Gasteiger partial charge in [0.25, 0.3) is 0 Å². The molecule has 2 spiro atoms. The molecular formula is C42H45FN6O2S2. The van der Waals surface area contributed by atoms with Crippen molar-refractivity contribution in [2.24, 2.45) is 33.5 Å². The first-order chi connectivity index (χ1) is 25.7. The summed E-state index contributed by atoms with van der Waals surface area (Å²) in [5, 5.41) is 14.4. The molecule has 2 aliphatic heterocycles. The van der Waals surface area contributed by atoms with Gasteiger partial charge in [0.15, 0.2) is 0 Å². The molecule has 2 heterocycles. The van der Waals surface area contributed by atoms with E-state index in [1.54, 1.807) is 46.5 Å². The van der Waals surface area contributed by atoms with E-state index in [2.05, 4.69) is 53.6 Å². The van der Waals surface area contributed by atoms with Crippen LogP contribution in [0.2, 0.25) is 0 Å². The predicted molar refractivity (Wildman–Crippen MR) is 213 cm³/mol. The highest BCUT2D eigenvalue weighted by Crippen LogP contribution is 2.58. The topological polar surface area (TPSA) is 117 Å². The van der Waals surface area contributed by atoms with Crippen LogP contribution < -0.4 is 11.5 Å². The van der Waals surface area contributed by atoms with Gasteiger partial charge in [-0.3, -0.25) is 9.59 Å². The van der Waals surface area contributed by atoms with Crippen LogP contribution in [0.3, 0.4) is 0 Å². The molecule has 2 amide bonds. The standard InChI is InChI=1S/C21H22FN3OS.C21H23N3OS/c1-14(26)25-21(27-20(24-25)16-6-4-7-18(22)13-16)17(11-12-23)10-9-15-5-2-3-8-19(15)21;1-15(25)24-21(26-20(23-24)17-8-3-2-4-9-17)18(13-14-22)12-11-16-7-5-6-10-19(16)21/h2-8,13,17H,9-12,23H2,1H3;2-10,18H,11-14,22H2,1H3/t17-,21-;18-,21-/m01/s1. The smallest absolute Gasteiger partial charge is 0.241 e. The highest BCUT2D eigenvalue weighted by Gasteiger charge is 2.56. The van der Waals surface area contributed by atoms with Gasteiger partial charge in [0.2, 0.25) is 11.8 Å². The molecule has 53 heavy (non-hydrogen) atoms. The molecule has 4 aliphatic rings. The predicted octanol–water partition coefficient (Wildman–Crippen LogP) is 7.55. The third-order valence-electron chi connectivity index (χ3n) is 10.7. The second-order valence-electron chi connectivity index (χ2n) is 13.9. The molecule has 0 fully saturated rings. The van der Waals surface area contributed by atoms with Crippen LogP contribution in [0.25, 0.3) is 0 Å². The molecule has 4 aromatic rings. The molecular weight excluding hydrogens is 704 g/mol. The number of hydrogen-bond acceptors (Lipinski definition) is 8. The number of carbonyl (C=O) groups excluding carboxylic acids is 2.